The van der Waals surface area contributed by atoms with Gasteiger partial charge in [0.15, 0.2) is 0 Å². The van der Waals surface area contributed by atoms with Gasteiger partial charge in [-0.15, -0.1) is 0 Å². The second kappa shape index (κ2) is 7.89. The zero-order chi connectivity index (χ0) is 18.6. The molecular formula is C18H21ClN2O3S. The van der Waals surface area contributed by atoms with Gasteiger partial charge in [0.05, 0.1) is 18.0 Å². The van der Waals surface area contributed by atoms with Crippen LogP contribution in [0.5, 0.6) is 0 Å². The standard InChI is InChI=1S/C18H21ClN2O3S/c1-13-4-6-15(7-5-13)14(2)20-18(22)12-21(25(3,23)24)17-10-8-16(19)9-11-17/h4-11,14H,12H2,1-3H3,(H,20,22). The molecule has 5 nitrogen and oxygen atoms in total. The van der Waals surface area contributed by atoms with Crippen LogP contribution < -0.4 is 9.62 Å². The van der Waals surface area contributed by atoms with Gasteiger partial charge in [0.25, 0.3) is 0 Å². The van der Waals surface area contributed by atoms with Crippen molar-refractivity contribution in [3.8, 4) is 0 Å². The van der Waals surface area contributed by atoms with E-state index < -0.39 is 10.0 Å². The van der Waals surface area contributed by atoms with Crippen LogP contribution in [-0.2, 0) is 14.8 Å². The molecule has 2 aromatic carbocycles. The normalized spacial score (nSPS) is 12.5. The molecule has 25 heavy (non-hydrogen) atoms. The zero-order valence-electron chi connectivity index (χ0n) is 14.4. The third kappa shape index (κ3) is 5.47. The summed E-state index contributed by atoms with van der Waals surface area (Å²) in [5.41, 5.74) is 2.48. The third-order valence-corrected chi connectivity index (χ3v) is 5.15. The molecule has 2 aromatic rings. The van der Waals surface area contributed by atoms with Crippen molar-refractivity contribution >= 4 is 33.2 Å². The van der Waals surface area contributed by atoms with Gasteiger partial charge >= 0.3 is 0 Å². The number of nitrogens with zero attached hydrogens (tertiary/aromatic N) is 1. The first-order chi connectivity index (χ1) is 11.7. The van der Waals surface area contributed by atoms with Crippen LogP contribution in [0.2, 0.25) is 5.02 Å². The van der Waals surface area contributed by atoms with Gasteiger partial charge in [-0.25, -0.2) is 8.42 Å². The Kier molecular flexibility index (Phi) is 6.08. The number of hydrogen-bond donors (Lipinski definition) is 1. The van der Waals surface area contributed by atoms with E-state index in [9.17, 15) is 13.2 Å². The molecule has 0 bridgehead atoms. The Morgan fingerprint density at radius 3 is 2.20 bits per heavy atom. The lowest BCUT2D eigenvalue weighted by Crippen LogP contribution is -2.41. The number of halogens is 1. The number of carbonyl (C=O) groups is 1. The molecule has 1 N–H and O–H groups in total. The number of amides is 1. The summed E-state index contributed by atoms with van der Waals surface area (Å²) < 4.78 is 25.2. The topological polar surface area (TPSA) is 66.5 Å². The molecule has 0 aliphatic heterocycles. The fourth-order valence-corrected chi connectivity index (χ4v) is 3.35. The molecule has 1 amide bonds. The minimum absolute atomic E-state index is 0.222. The Morgan fingerprint density at radius 2 is 1.68 bits per heavy atom. The van der Waals surface area contributed by atoms with E-state index in [2.05, 4.69) is 5.32 Å². The highest BCUT2D eigenvalue weighted by Gasteiger charge is 2.21. The van der Waals surface area contributed by atoms with Gasteiger partial charge in [0, 0.05) is 5.02 Å². The lowest BCUT2D eigenvalue weighted by molar-refractivity contribution is -0.120. The summed E-state index contributed by atoms with van der Waals surface area (Å²) in [6.07, 6.45) is 1.07. The molecule has 0 aliphatic rings. The summed E-state index contributed by atoms with van der Waals surface area (Å²) in [6, 6.07) is 13.9. The molecule has 0 radical (unpaired) electrons. The molecule has 0 fully saturated rings. The Balaban J connectivity index is 2.12. The number of carbonyl (C=O) groups excluding carboxylic acids is 1. The van der Waals surface area contributed by atoms with Crippen LogP contribution in [0.3, 0.4) is 0 Å². The van der Waals surface area contributed by atoms with E-state index in [0.717, 1.165) is 21.7 Å². The van der Waals surface area contributed by atoms with Crippen LogP contribution in [-0.4, -0.2) is 27.1 Å². The molecular weight excluding hydrogens is 360 g/mol. The van der Waals surface area contributed by atoms with E-state index in [4.69, 9.17) is 11.6 Å². The Bertz CT molecular complexity index is 834. The van der Waals surface area contributed by atoms with Crippen molar-refractivity contribution in [1.82, 2.24) is 5.32 Å². The van der Waals surface area contributed by atoms with Gasteiger partial charge in [0.2, 0.25) is 15.9 Å². The number of nitrogens with one attached hydrogen (secondary N) is 1. The number of rotatable bonds is 6. The van der Waals surface area contributed by atoms with E-state index in [0.29, 0.717) is 10.7 Å². The molecule has 0 aliphatic carbocycles. The number of aryl methyl sites for hydroxylation is 1. The van der Waals surface area contributed by atoms with Crippen LogP contribution in [0.1, 0.15) is 24.1 Å². The maximum atomic E-state index is 12.3. The summed E-state index contributed by atoms with van der Waals surface area (Å²) in [4.78, 5) is 12.3. The van der Waals surface area contributed by atoms with Crippen molar-refractivity contribution < 1.29 is 13.2 Å². The SMILES string of the molecule is Cc1ccc(C(C)NC(=O)CN(c2ccc(Cl)cc2)S(C)(=O)=O)cc1. The smallest absolute Gasteiger partial charge is 0.241 e. The first kappa shape index (κ1) is 19.3. The van der Waals surface area contributed by atoms with Gasteiger partial charge in [-0.2, -0.15) is 0 Å². The molecule has 1 unspecified atom stereocenters. The zero-order valence-corrected chi connectivity index (χ0v) is 15.9. The van der Waals surface area contributed by atoms with Gasteiger partial charge in [-0.3, -0.25) is 9.10 Å². The first-order valence-electron chi connectivity index (χ1n) is 7.76. The molecule has 0 aromatic heterocycles. The van der Waals surface area contributed by atoms with Crippen LogP contribution in [0.4, 0.5) is 5.69 Å². The monoisotopic (exact) mass is 380 g/mol. The number of benzene rings is 2. The van der Waals surface area contributed by atoms with Gasteiger partial charge < -0.3 is 5.32 Å². The van der Waals surface area contributed by atoms with Crippen LogP contribution in [0.15, 0.2) is 48.5 Å². The average Bonchev–Trinajstić information content (AvgIpc) is 2.53. The fraction of sp³-hybridized carbons (Fsp3) is 0.278. The highest BCUT2D eigenvalue weighted by Crippen LogP contribution is 2.20. The molecule has 134 valence electrons. The quantitative estimate of drug-likeness (QED) is 0.836. The van der Waals surface area contributed by atoms with E-state index in [1.165, 1.54) is 0 Å². The highest BCUT2D eigenvalue weighted by molar-refractivity contribution is 7.92. The molecule has 1 atom stereocenters. The molecule has 0 saturated carbocycles. The summed E-state index contributed by atoms with van der Waals surface area (Å²) >= 11 is 5.84. The summed E-state index contributed by atoms with van der Waals surface area (Å²) in [5.74, 6) is -0.381. The highest BCUT2D eigenvalue weighted by atomic mass is 35.5. The lowest BCUT2D eigenvalue weighted by Gasteiger charge is -2.23. The second-order valence-corrected chi connectivity index (χ2v) is 8.29. The molecule has 2 rings (SSSR count). The maximum absolute atomic E-state index is 12.3. The van der Waals surface area contributed by atoms with Crippen molar-refractivity contribution in [2.24, 2.45) is 0 Å². The van der Waals surface area contributed by atoms with E-state index in [1.807, 2.05) is 38.1 Å². The minimum atomic E-state index is -3.60. The summed E-state index contributed by atoms with van der Waals surface area (Å²) in [7, 11) is -3.60. The summed E-state index contributed by atoms with van der Waals surface area (Å²) in [6.45, 7) is 3.55. The fourth-order valence-electron chi connectivity index (χ4n) is 2.36. The van der Waals surface area contributed by atoms with Crippen molar-refractivity contribution in [1.29, 1.82) is 0 Å². The Labute approximate surface area is 153 Å². The number of anilines is 1. The molecule has 0 heterocycles. The molecule has 0 saturated heterocycles. The van der Waals surface area contributed by atoms with Crippen LogP contribution in [0.25, 0.3) is 0 Å². The van der Waals surface area contributed by atoms with Crippen molar-refractivity contribution in [2.75, 3.05) is 17.1 Å². The minimum Gasteiger partial charge on any atom is -0.348 e. The van der Waals surface area contributed by atoms with E-state index >= 15 is 0 Å². The van der Waals surface area contributed by atoms with Crippen LogP contribution >= 0.6 is 11.6 Å². The van der Waals surface area contributed by atoms with Gasteiger partial charge in [-0.05, 0) is 43.7 Å². The van der Waals surface area contributed by atoms with Crippen molar-refractivity contribution in [2.45, 2.75) is 19.9 Å². The van der Waals surface area contributed by atoms with Gasteiger partial charge in [-0.1, -0.05) is 41.4 Å². The lowest BCUT2D eigenvalue weighted by atomic mass is 10.1. The summed E-state index contributed by atoms with van der Waals surface area (Å²) in [5, 5.41) is 3.32. The number of hydrogen-bond acceptors (Lipinski definition) is 3. The first-order valence-corrected chi connectivity index (χ1v) is 9.98. The van der Waals surface area contributed by atoms with Crippen molar-refractivity contribution in [3.05, 3.63) is 64.7 Å². The predicted molar refractivity (Wildman–Crippen MR) is 101 cm³/mol. The second-order valence-electron chi connectivity index (χ2n) is 5.95. The Hall–Kier alpha value is -2.05. The van der Waals surface area contributed by atoms with Crippen molar-refractivity contribution in [3.63, 3.8) is 0 Å². The average molecular weight is 381 g/mol. The van der Waals surface area contributed by atoms with E-state index in [1.54, 1.807) is 24.3 Å². The number of sulfonamides is 1. The van der Waals surface area contributed by atoms with Gasteiger partial charge in [0.1, 0.15) is 6.54 Å². The van der Waals surface area contributed by atoms with Crippen LogP contribution in [0, 0.1) is 6.92 Å². The predicted octanol–water partition coefficient (Wildman–Crippen LogP) is 3.29. The molecule has 0 spiro atoms. The Morgan fingerprint density at radius 1 is 1.12 bits per heavy atom. The third-order valence-electron chi connectivity index (χ3n) is 3.76. The maximum Gasteiger partial charge on any atom is 0.241 e. The molecule has 7 heteroatoms. The largest absolute Gasteiger partial charge is 0.348 e. The van der Waals surface area contributed by atoms with E-state index in [-0.39, 0.29) is 18.5 Å².